The molecule has 172 valence electrons. The number of halogens is 3. The molecule has 3 aliphatic rings. The van der Waals surface area contributed by atoms with Crippen LogP contribution in [0.4, 0.5) is 13.2 Å². The van der Waals surface area contributed by atoms with Crippen LogP contribution in [0.25, 0.3) is 0 Å². The molecule has 2 aliphatic heterocycles. The number of aromatic nitrogens is 1. The van der Waals surface area contributed by atoms with Crippen molar-refractivity contribution in [3.8, 4) is 0 Å². The second kappa shape index (κ2) is 9.42. The maximum atomic E-state index is 13.1. The number of nitrogens with zero attached hydrogens (tertiary/aromatic N) is 2. The largest absolute Gasteiger partial charge is 0.417 e. The van der Waals surface area contributed by atoms with E-state index in [2.05, 4.69) is 10.3 Å². The van der Waals surface area contributed by atoms with E-state index in [0.717, 1.165) is 37.9 Å². The van der Waals surface area contributed by atoms with Crippen molar-refractivity contribution in [3.05, 3.63) is 29.1 Å². The van der Waals surface area contributed by atoms with Gasteiger partial charge in [0.2, 0.25) is 5.91 Å². The number of carbonyl (C=O) groups excluding carboxylic acids is 1. The van der Waals surface area contributed by atoms with E-state index in [1.807, 2.05) is 6.92 Å². The molecule has 3 heterocycles. The van der Waals surface area contributed by atoms with Crippen molar-refractivity contribution in [2.45, 2.75) is 69.9 Å². The van der Waals surface area contributed by atoms with Gasteiger partial charge in [0, 0.05) is 62.6 Å². The summed E-state index contributed by atoms with van der Waals surface area (Å²) in [7, 11) is 0. The van der Waals surface area contributed by atoms with E-state index in [-0.39, 0.29) is 36.6 Å². The minimum Gasteiger partial charge on any atom is -0.379 e. The first-order valence-corrected chi connectivity index (χ1v) is 11.1. The molecule has 9 heteroatoms. The zero-order chi connectivity index (χ0) is 22.0. The SMILES string of the molecule is CCOC1COCCC1NC1CCC(C(=O)N2CCc3ncc(C(F)(F)F)cc3C2)C1. The van der Waals surface area contributed by atoms with Gasteiger partial charge in [0.25, 0.3) is 0 Å². The summed E-state index contributed by atoms with van der Waals surface area (Å²) in [5.41, 5.74) is 0.402. The van der Waals surface area contributed by atoms with Crippen LogP contribution in [0.5, 0.6) is 0 Å². The Morgan fingerprint density at radius 2 is 2.19 bits per heavy atom. The molecule has 1 amide bonds. The van der Waals surface area contributed by atoms with E-state index in [0.29, 0.717) is 44.0 Å². The van der Waals surface area contributed by atoms with Gasteiger partial charge in [-0.3, -0.25) is 9.78 Å². The van der Waals surface area contributed by atoms with Gasteiger partial charge in [-0.05, 0) is 44.2 Å². The first-order chi connectivity index (χ1) is 14.8. The zero-order valence-corrected chi connectivity index (χ0v) is 17.8. The summed E-state index contributed by atoms with van der Waals surface area (Å²) in [4.78, 5) is 18.8. The van der Waals surface area contributed by atoms with E-state index in [4.69, 9.17) is 9.47 Å². The molecule has 4 rings (SSSR count). The first-order valence-electron chi connectivity index (χ1n) is 11.1. The summed E-state index contributed by atoms with van der Waals surface area (Å²) < 4.78 is 50.4. The van der Waals surface area contributed by atoms with Crippen LogP contribution in [0.1, 0.15) is 49.4 Å². The standard InChI is InChI=1S/C22H30F3N3O3/c1-2-31-20-13-30-8-6-19(20)27-17-4-3-14(10-17)21(29)28-7-5-18-15(12-28)9-16(11-26-18)22(23,24)25/h9,11,14,17,19-20,27H,2-8,10,12-13H2,1H3. The highest BCUT2D eigenvalue weighted by Gasteiger charge is 2.37. The van der Waals surface area contributed by atoms with Crippen molar-refractivity contribution in [3.63, 3.8) is 0 Å². The normalized spacial score (nSPS) is 29.1. The van der Waals surface area contributed by atoms with Crippen molar-refractivity contribution in [2.75, 3.05) is 26.4 Å². The quantitative estimate of drug-likeness (QED) is 0.761. The number of amides is 1. The maximum Gasteiger partial charge on any atom is 0.417 e. The van der Waals surface area contributed by atoms with E-state index in [9.17, 15) is 18.0 Å². The Kier molecular flexibility index (Phi) is 6.83. The first kappa shape index (κ1) is 22.5. The monoisotopic (exact) mass is 441 g/mol. The minimum absolute atomic E-state index is 0.0300. The molecule has 4 unspecified atom stereocenters. The summed E-state index contributed by atoms with van der Waals surface area (Å²) >= 11 is 0. The summed E-state index contributed by atoms with van der Waals surface area (Å²) in [6, 6.07) is 1.61. The molecule has 0 aromatic carbocycles. The van der Waals surface area contributed by atoms with Crippen molar-refractivity contribution >= 4 is 5.91 Å². The highest BCUT2D eigenvalue weighted by Crippen LogP contribution is 2.33. The third-order valence-corrected chi connectivity index (χ3v) is 6.60. The molecule has 1 aromatic rings. The molecule has 0 bridgehead atoms. The fourth-order valence-electron chi connectivity index (χ4n) is 4.97. The lowest BCUT2D eigenvalue weighted by atomic mass is 10.00. The summed E-state index contributed by atoms with van der Waals surface area (Å²) in [6.45, 7) is 4.61. The van der Waals surface area contributed by atoms with Crippen molar-refractivity contribution in [1.29, 1.82) is 0 Å². The third kappa shape index (κ3) is 5.21. The van der Waals surface area contributed by atoms with Crippen molar-refractivity contribution < 1.29 is 27.4 Å². The lowest BCUT2D eigenvalue weighted by molar-refractivity contribution is -0.137. The lowest BCUT2D eigenvalue weighted by Crippen LogP contribution is -2.51. The van der Waals surface area contributed by atoms with Crippen molar-refractivity contribution in [1.82, 2.24) is 15.2 Å². The number of nitrogens with one attached hydrogen (secondary N) is 1. The molecule has 1 aliphatic carbocycles. The van der Waals surface area contributed by atoms with Crippen LogP contribution < -0.4 is 5.32 Å². The van der Waals surface area contributed by atoms with Gasteiger partial charge in [-0.15, -0.1) is 0 Å². The number of pyridine rings is 1. The average Bonchev–Trinajstić information content (AvgIpc) is 3.22. The van der Waals surface area contributed by atoms with Crippen LogP contribution >= 0.6 is 0 Å². The molecule has 4 atom stereocenters. The van der Waals surface area contributed by atoms with Gasteiger partial charge in [-0.25, -0.2) is 0 Å². The number of ether oxygens (including phenoxy) is 2. The zero-order valence-electron chi connectivity index (χ0n) is 17.8. The Labute approximate surface area is 180 Å². The fourth-order valence-corrected chi connectivity index (χ4v) is 4.97. The van der Waals surface area contributed by atoms with Gasteiger partial charge in [0.05, 0.1) is 18.3 Å². The molecule has 0 radical (unpaired) electrons. The van der Waals surface area contributed by atoms with Crippen LogP contribution in [0.3, 0.4) is 0 Å². The number of fused-ring (bicyclic) bond motifs is 1. The highest BCUT2D eigenvalue weighted by atomic mass is 19.4. The number of alkyl halides is 3. The molecule has 1 N–H and O–H groups in total. The fraction of sp³-hybridized carbons (Fsp3) is 0.727. The summed E-state index contributed by atoms with van der Waals surface area (Å²) in [5, 5.41) is 3.67. The topological polar surface area (TPSA) is 63.7 Å². The second-order valence-electron chi connectivity index (χ2n) is 8.67. The Bertz CT molecular complexity index is 787. The molecule has 6 nitrogen and oxygen atoms in total. The number of hydrogen-bond donors (Lipinski definition) is 1. The van der Waals surface area contributed by atoms with E-state index in [1.54, 1.807) is 4.90 Å². The third-order valence-electron chi connectivity index (χ3n) is 6.60. The van der Waals surface area contributed by atoms with E-state index >= 15 is 0 Å². The van der Waals surface area contributed by atoms with Gasteiger partial charge in [-0.2, -0.15) is 13.2 Å². The number of hydrogen-bond acceptors (Lipinski definition) is 5. The number of carbonyl (C=O) groups is 1. The molecule has 31 heavy (non-hydrogen) atoms. The van der Waals surface area contributed by atoms with Crippen molar-refractivity contribution in [2.24, 2.45) is 5.92 Å². The lowest BCUT2D eigenvalue weighted by Gasteiger charge is -2.34. The van der Waals surface area contributed by atoms with E-state index in [1.165, 1.54) is 0 Å². The molecule has 2 fully saturated rings. The molecular formula is C22H30F3N3O3. The Balaban J connectivity index is 1.34. The van der Waals surface area contributed by atoms with Gasteiger partial charge >= 0.3 is 6.18 Å². The van der Waals surface area contributed by atoms with E-state index < -0.39 is 11.7 Å². The highest BCUT2D eigenvalue weighted by molar-refractivity contribution is 5.79. The van der Waals surface area contributed by atoms with Gasteiger partial charge in [0.15, 0.2) is 0 Å². The van der Waals surface area contributed by atoms with Crippen LogP contribution in [0.15, 0.2) is 12.3 Å². The van der Waals surface area contributed by atoms with Crippen LogP contribution in [-0.4, -0.2) is 60.3 Å². The predicted octanol–water partition coefficient (Wildman–Crippen LogP) is 2.94. The smallest absolute Gasteiger partial charge is 0.379 e. The van der Waals surface area contributed by atoms with Crippen LogP contribution in [0, 0.1) is 5.92 Å². The van der Waals surface area contributed by atoms with Gasteiger partial charge in [0.1, 0.15) is 0 Å². The second-order valence-corrected chi connectivity index (χ2v) is 8.67. The summed E-state index contributed by atoms with van der Waals surface area (Å²) in [5.74, 6) is -0.0520. The average molecular weight is 441 g/mol. The minimum atomic E-state index is -4.43. The molecular weight excluding hydrogens is 411 g/mol. The Hall–Kier alpha value is -1.71. The Morgan fingerprint density at radius 1 is 1.35 bits per heavy atom. The predicted molar refractivity (Wildman–Crippen MR) is 107 cm³/mol. The number of rotatable bonds is 5. The van der Waals surface area contributed by atoms with Gasteiger partial charge < -0.3 is 19.7 Å². The maximum absolute atomic E-state index is 13.1. The summed E-state index contributed by atoms with van der Waals surface area (Å²) in [6.07, 6.45) is 0.321. The molecule has 1 saturated heterocycles. The molecule has 1 aromatic heterocycles. The molecule has 1 saturated carbocycles. The molecule has 0 spiro atoms. The van der Waals surface area contributed by atoms with Crippen LogP contribution in [0.2, 0.25) is 0 Å². The Morgan fingerprint density at radius 3 is 2.97 bits per heavy atom. The van der Waals surface area contributed by atoms with Crippen LogP contribution in [-0.2, 0) is 33.4 Å². The van der Waals surface area contributed by atoms with Gasteiger partial charge in [-0.1, -0.05) is 0 Å².